The van der Waals surface area contributed by atoms with Crippen LogP contribution in [0.2, 0.25) is 0 Å². The highest BCUT2D eigenvalue weighted by Gasteiger charge is 2.34. The van der Waals surface area contributed by atoms with Gasteiger partial charge in [0.1, 0.15) is 23.3 Å². The summed E-state index contributed by atoms with van der Waals surface area (Å²) in [6, 6.07) is 13.3. The number of nitrogens with one attached hydrogen (secondary N) is 1. The molecule has 0 spiro atoms. The Morgan fingerprint density at radius 2 is 1.91 bits per heavy atom. The number of nitriles is 2. The number of hydrogen-bond acceptors (Lipinski definition) is 5. The molecule has 3 N–H and O–H groups in total. The molecule has 0 aliphatic carbocycles. The smallest absolute Gasteiger partial charge is 0.268 e. The number of H-pyrrole nitrogens is 1. The molecular formula is C17H12N4O2. The first-order chi connectivity index (χ1) is 11.1. The van der Waals surface area contributed by atoms with Gasteiger partial charge in [0.2, 0.25) is 11.8 Å². The van der Waals surface area contributed by atoms with Crippen molar-refractivity contribution in [3.05, 3.63) is 74.4 Å². The number of nitrogens with zero attached hydrogens (tertiary/aromatic N) is 2. The second-order valence-corrected chi connectivity index (χ2v) is 5.14. The average Bonchev–Trinajstić information content (AvgIpc) is 2.54. The highest BCUT2D eigenvalue weighted by atomic mass is 16.5. The third kappa shape index (κ3) is 2.14. The number of benzene rings is 1. The lowest BCUT2D eigenvalue weighted by Gasteiger charge is -2.27. The maximum absolute atomic E-state index is 12.0. The van der Waals surface area contributed by atoms with E-state index < -0.39 is 11.5 Å². The molecule has 0 radical (unpaired) electrons. The summed E-state index contributed by atoms with van der Waals surface area (Å²) in [5.74, 6) is -0.362. The molecule has 0 saturated carbocycles. The van der Waals surface area contributed by atoms with Gasteiger partial charge in [0.25, 0.3) is 5.56 Å². The fraction of sp³-hybridized carbons (Fsp3) is 0.118. The molecule has 23 heavy (non-hydrogen) atoms. The van der Waals surface area contributed by atoms with Gasteiger partial charge in [-0.3, -0.25) is 9.78 Å². The van der Waals surface area contributed by atoms with Crippen LogP contribution < -0.4 is 16.0 Å². The Labute approximate surface area is 132 Å². The Hall–Kier alpha value is -3.51. The van der Waals surface area contributed by atoms with Gasteiger partial charge in [-0.05, 0) is 18.1 Å². The van der Waals surface area contributed by atoms with Crippen LogP contribution in [0, 0.1) is 29.6 Å². The monoisotopic (exact) mass is 304 g/mol. The van der Waals surface area contributed by atoms with E-state index >= 15 is 0 Å². The van der Waals surface area contributed by atoms with E-state index in [1.54, 1.807) is 6.92 Å². The fourth-order valence-corrected chi connectivity index (χ4v) is 2.82. The molecule has 1 atom stereocenters. The van der Waals surface area contributed by atoms with Gasteiger partial charge in [-0.2, -0.15) is 10.5 Å². The van der Waals surface area contributed by atoms with Crippen LogP contribution in [0.5, 0.6) is 5.88 Å². The second-order valence-electron chi connectivity index (χ2n) is 5.14. The summed E-state index contributed by atoms with van der Waals surface area (Å²) in [4.78, 5) is 14.5. The van der Waals surface area contributed by atoms with Crippen LogP contribution in [0.3, 0.4) is 0 Å². The summed E-state index contributed by atoms with van der Waals surface area (Å²) < 4.78 is 5.42. The van der Waals surface area contributed by atoms with E-state index in [2.05, 4.69) is 11.1 Å². The molecule has 0 saturated heterocycles. The van der Waals surface area contributed by atoms with Crippen molar-refractivity contribution < 1.29 is 4.74 Å². The molecule has 2 heterocycles. The number of aromatic nitrogens is 1. The van der Waals surface area contributed by atoms with Gasteiger partial charge in [0.05, 0.1) is 5.92 Å². The quantitative estimate of drug-likeness (QED) is 0.833. The van der Waals surface area contributed by atoms with E-state index in [0.717, 1.165) is 5.56 Å². The molecule has 1 unspecified atom stereocenters. The van der Waals surface area contributed by atoms with Crippen molar-refractivity contribution in [2.24, 2.45) is 5.73 Å². The fourth-order valence-electron chi connectivity index (χ4n) is 2.82. The lowest BCUT2D eigenvalue weighted by atomic mass is 9.82. The number of hydrogen-bond donors (Lipinski definition) is 2. The van der Waals surface area contributed by atoms with E-state index in [9.17, 15) is 15.3 Å². The molecule has 1 aliphatic heterocycles. The summed E-state index contributed by atoms with van der Waals surface area (Å²) in [6.45, 7) is 1.67. The van der Waals surface area contributed by atoms with Gasteiger partial charge >= 0.3 is 0 Å². The van der Waals surface area contributed by atoms with Gasteiger partial charge < -0.3 is 10.5 Å². The number of rotatable bonds is 1. The molecule has 1 aromatic heterocycles. The number of fused-ring (bicyclic) bond motifs is 1. The molecule has 6 heteroatoms. The standard InChI is InChI=1S/C17H12N4O2/c1-9-11(7-18)16(22)21-17-13(9)14(10-5-3-2-4-6-10)12(8-19)15(20)23-17/h2-6,14H,20H2,1H3,(H,21,22). The molecule has 1 aliphatic rings. The highest BCUT2D eigenvalue weighted by molar-refractivity contribution is 5.58. The first-order valence-electron chi connectivity index (χ1n) is 6.87. The van der Waals surface area contributed by atoms with Crippen molar-refractivity contribution in [3.8, 4) is 18.0 Å². The van der Waals surface area contributed by atoms with Gasteiger partial charge in [0, 0.05) is 5.56 Å². The minimum Gasteiger partial charge on any atom is -0.424 e. The van der Waals surface area contributed by atoms with Gasteiger partial charge in [-0.1, -0.05) is 30.3 Å². The van der Waals surface area contributed by atoms with E-state index in [1.165, 1.54) is 0 Å². The van der Waals surface area contributed by atoms with E-state index in [4.69, 9.17) is 10.5 Å². The average molecular weight is 304 g/mol. The summed E-state index contributed by atoms with van der Waals surface area (Å²) in [6.07, 6.45) is 0. The van der Waals surface area contributed by atoms with Crippen LogP contribution in [0.25, 0.3) is 0 Å². The van der Waals surface area contributed by atoms with Crippen LogP contribution in [0.15, 0.2) is 46.6 Å². The van der Waals surface area contributed by atoms with Crippen molar-refractivity contribution in [1.82, 2.24) is 4.98 Å². The van der Waals surface area contributed by atoms with Crippen molar-refractivity contribution in [1.29, 1.82) is 10.5 Å². The van der Waals surface area contributed by atoms with Crippen LogP contribution in [0.4, 0.5) is 0 Å². The van der Waals surface area contributed by atoms with Gasteiger partial charge in [-0.15, -0.1) is 0 Å². The number of pyridine rings is 1. The first-order valence-corrected chi connectivity index (χ1v) is 6.87. The number of aromatic amines is 1. The van der Waals surface area contributed by atoms with E-state index in [-0.39, 0.29) is 22.9 Å². The molecule has 0 amide bonds. The van der Waals surface area contributed by atoms with Crippen molar-refractivity contribution in [2.75, 3.05) is 0 Å². The Bertz CT molecular complexity index is 959. The minimum absolute atomic E-state index is 0.00559. The number of ether oxygens (including phenoxy) is 1. The van der Waals surface area contributed by atoms with Crippen molar-refractivity contribution in [3.63, 3.8) is 0 Å². The molecule has 0 bridgehead atoms. The molecule has 112 valence electrons. The lowest BCUT2D eigenvalue weighted by molar-refractivity contribution is 0.375. The topological polar surface area (TPSA) is 116 Å². The summed E-state index contributed by atoms with van der Waals surface area (Å²) >= 11 is 0. The lowest BCUT2D eigenvalue weighted by Crippen LogP contribution is -2.26. The minimum atomic E-state index is -0.538. The van der Waals surface area contributed by atoms with E-state index in [0.29, 0.717) is 11.1 Å². The third-order valence-electron chi connectivity index (χ3n) is 3.90. The summed E-state index contributed by atoms with van der Waals surface area (Å²) in [7, 11) is 0. The Morgan fingerprint density at radius 3 is 2.52 bits per heavy atom. The van der Waals surface area contributed by atoms with Crippen molar-refractivity contribution >= 4 is 0 Å². The van der Waals surface area contributed by atoms with Crippen LogP contribution in [-0.2, 0) is 0 Å². The van der Waals surface area contributed by atoms with E-state index in [1.807, 2.05) is 36.4 Å². The maximum Gasteiger partial charge on any atom is 0.268 e. The Kier molecular flexibility index (Phi) is 3.36. The van der Waals surface area contributed by atoms with Crippen molar-refractivity contribution in [2.45, 2.75) is 12.8 Å². The zero-order chi connectivity index (χ0) is 16.6. The molecule has 0 fully saturated rings. The molecule has 3 rings (SSSR count). The van der Waals surface area contributed by atoms with Crippen LogP contribution in [0.1, 0.15) is 28.2 Å². The maximum atomic E-state index is 12.0. The highest BCUT2D eigenvalue weighted by Crippen LogP contribution is 2.42. The molecule has 6 nitrogen and oxygen atoms in total. The van der Waals surface area contributed by atoms with Crippen LogP contribution >= 0.6 is 0 Å². The Morgan fingerprint density at radius 1 is 1.22 bits per heavy atom. The summed E-state index contributed by atoms with van der Waals surface area (Å²) in [5, 5.41) is 18.7. The first kappa shape index (κ1) is 14.4. The predicted octanol–water partition coefficient (Wildman–Crippen LogP) is 1.77. The Balaban J connectivity index is 2.38. The number of allylic oxidation sites excluding steroid dienone is 1. The third-order valence-corrected chi connectivity index (χ3v) is 3.90. The van der Waals surface area contributed by atoms with Gasteiger partial charge in [-0.25, -0.2) is 0 Å². The molecular weight excluding hydrogens is 292 g/mol. The SMILES string of the molecule is Cc1c2c([nH]c(=O)c1C#N)OC(N)=C(C#N)C2c1ccccc1. The number of nitrogens with two attached hydrogens (primary N) is 1. The molecule has 1 aromatic carbocycles. The summed E-state index contributed by atoms with van der Waals surface area (Å²) in [5.41, 5.74) is 7.47. The second kappa shape index (κ2) is 5.36. The van der Waals surface area contributed by atoms with Crippen LogP contribution in [-0.4, -0.2) is 4.98 Å². The molecule has 2 aromatic rings. The normalized spacial score (nSPS) is 16.0. The predicted molar refractivity (Wildman–Crippen MR) is 82.3 cm³/mol. The zero-order valence-corrected chi connectivity index (χ0v) is 12.3. The largest absolute Gasteiger partial charge is 0.424 e. The van der Waals surface area contributed by atoms with Gasteiger partial charge in [0.15, 0.2) is 0 Å². The zero-order valence-electron chi connectivity index (χ0n) is 12.3.